The molecular weight excluding hydrogens is 348 g/mol. The second-order valence-corrected chi connectivity index (χ2v) is 6.68. The lowest BCUT2D eigenvalue weighted by molar-refractivity contribution is -0.139. The molecule has 144 valence electrons. The topological polar surface area (TPSA) is 105 Å². The zero-order valence-electron chi connectivity index (χ0n) is 15.5. The molecule has 0 aliphatic carbocycles. The van der Waals surface area contributed by atoms with Gasteiger partial charge in [0.2, 0.25) is 5.91 Å². The zero-order chi connectivity index (χ0) is 19.9. The van der Waals surface area contributed by atoms with Crippen LogP contribution < -0.4 is 10.6 Å². The van der Waals surface area contributed by atoms with Gasteiger partial charge < -0.3 is 20.5 Å². The van der Waals surface area contributed by atoms with E-state index in [1.807, 2.05) is 30.3 Å². The van der Waals surface area contributed by atoms with E-state index in [2.05, 4.69) is 10.6 Å². The lowest BCUT2D eigenvalue weighted by atomic mass is 9.98. The van der Waals surface area contributed by atoms with Crippen molar-refractivity contribution in [2.75, 3.05) is 20.3 Å². The van der Waals surface area contributed by atoms with Crippen LogP contribution in [0.5, 0.6) is 0 Å². The van der Waals surface area contributed by atoms with Gasteiger partial charge in [0.1, 0.15) is 0 Å². The summed E-state index contributed by atoms with van der Waals surface area (Å²) in [6.07, 6.45) is -0.214. The molecule has 2 aromatic rings. The summed E-state index contributed by atoms with van der Waals surface area (Å²) in [7, 11) is 1.44. The molecule has 0 fully saturated rings. The standard InChI is InChI=1S/C20H24N2O5/c1-20(13-27-2,12-18(24)25)22-17(23)9-10-21-19(26)16-8-7-14-5-3-4-6-15(14)11-16/h3-8,11H,9-10,12-13H2,1-2H3,(H,21,26)(H,22,23)(H,24,25). The molecule has 2 rings (SSSR count). The smallest absolute Gasteiger partial charge is 0.305 e. The predicted molar refractivity (Wildman–Crippen MR) is 102 cm³/mol. The Morgan fingerprint density at radius 2 is 1.81 bits per heavy atom. The van der Waals surface area contributed by atoms with Crippen molar-refractivity contribution in [3.05, 3.63) is 48.0 Å². The minimum atomic E-state index is -1.03. The number of carboxylic acid groups (broad SMARTS) is 1. The van der Waals surface area contributed by atoms with Crippen LogP contribution in [0, 0.1) is 0 Å². The number of hydrogen-bond donors (Lipinski definition) is 3. The van der Waals surface area contributed by atoms with Crippen LogP contribution in [-0.4, -0.2) is 48.7 Å². The highest BCUT2D eigenvalue weighted by Gasteiger charge is 2.29. The number of carbonyl (C=O) groups is 3. The van der Waals surface area contributed by atoms with Gasteiger partial charge in [-0.3, -0.25) is 14.4 Å². The second-order valence-electron chi connectivity index (χ2n) is 6.68. The van der Waals surface area contributed by atoms with Crippen LogP contribution in [-0.2, 0) is 14.3 Å². The fourth-order valence-electron chi connectivity index (χ4n) is 2.90. The van der Waals surface area contributed by atoms with Crippen LogP contribution in [0.15, 0.2) is 42.5 Å². The van der Waals surface area contributed by atoms with Crippen molar-refractivity contribution in [1.82, 2.24) is 10.6 Å². The van der Waals surface area contributed by atoms with Crippen molar-refractivity contribution >= 4 is 28.6 Å². The van der Waals surface area contributed by atoms with E-state index in [-0.39, 0.29) is 37.8 Å². The Balaban J connectivity index is 1.87. The molecule has 0 saturated carbocycles. The Bertz CT molecular complexity index is 836. The zero-order valence-corrected chi connectivity index (χ0v) is 15.5. The number of aliphatic carboxylic acids is 1. The van der Waals surface area contributed by atoms with E-state index >= 15 is 0 Å². The number of fused-ring (bicyclic) bond motifs is 1. The Morgan fingerprint density at radius 1 is 1.11 bits per heavy atom. The lowest BCUT2D eigenvalue weighted by Crippen LogP contribution is -2.51. The molecule has 2 aromatic carbocycles. The van der Waals surface area contributed by atoms with Crippen molar-refractivity contribution in [3.63, 3.8) is 0 Å². The molecular formula is C20H24N2O5. The molecule has 0 aliphatic rings. The number of hydrogen-bond acceptors (Lipinski definition) is 4. The van der Waals surface area contributed by atoms with E-state index in [4.69, 9.17) is 9.84 Å². The van der Waals surface area contributed by atoms with E-state index in [1.165, 1.54) is 7.11 Å². The summed E-state index contributed by atoms with van der Waals surface area (Å²) in [4.78, 5) is 35.3. The predicted octanol–water partition coefficient (Wildman–Crippen LogP) is 1.96. The van der Waals surface area contributed by atoms with E-state index in [0.29, 0.717) is 5.56 Å². The second kappa shape index (κ2) is 9.14. The third-order valence-electron chi connectivity index (χ3n) is 4.09. The fourth-order valence-corrected chi connectivity index (χ4v) is 2.90. The molecule has 1 atom stereocenters. The van der Waals surface area contributed by atoms with E-state index in [9.17, 15) is 14.4 Å². The van der Waals surface area contributed by atoms with Crippen molar-refractivity contribution in [2.45, 2.75) is 25.3 Å². The number of benzene rings is 2. The monoisotopic (exact) mass is 372 g/mol. The van der Waals surface area contributed by atoms with Crippen molar-refractivity contribution in [2.24, 2.45) is 0 Å². The van der Waals surface area contributed by atoms with Gasteiger partial charge in [0, 0.05) is 25.6 Å². The minimum absolute atomic E-state index is 0.0399. The van der Waals surface area contributed by atoms with Gasteiger partial charge >= 0.3 is 5.97 Å². The summed E-state index contributed by atoms with van der Waals surface area (Å²) >= 11 is 0. The van der Waals surface area contributed by atoms with Gasteiger partial charge in [-0.1, -0.05) is 30.3 Å². The highest BCUT2D eigenvalue weighted by molar-refractivity contribution is 5.98. The van der Waals surface area contributed by atoms with Gasteiger partial charge in [-0.25, -0.2) is 0 Å². The summed E-state index contributed by atoms with van der Waals surface area (Å²) in [6, 6.07) is 13.1. The molecule has 0 radical (unpaired) electrons. The van der Waals surface area contributed by atoms with Gasteiger partial charge in [-0.05, 0) is 29.8 Å². The molecule has 0 spiro atoms. The van der Waals surface area contributed by atoms with Gasteiger partial charge in [0.25, 0.3) is 5.91 Å². The summed E-state index contributed by atoms with van der Waals surface area (Å²) in [6.45, 7) is 1.83. The lowest BCUT2D eigenvalue weighted by Gasteiger charge is -2.28. The molecule has 0 aliphatic heterocycles. The first kappa shape index (κ1) is 20.4. The number of methoxy groups -OCH3 is 1. The third kappa shape index (κ3) is 6.07. The van der Waals surface area contributed by atoms with E-state index in [1.54, 1.807) is 19.1 Å². The summed E-state index contributed by atoms with van der Waals surface area (Å²) in [5, 5.41) is 16.4. The van der Waals surface area contributed by atoms with Crippen molar-refractivity contribution in [3.8, 4) is 0 Å². The quantitative estimate of drug-likeness (QED) is 0.624. The molecule has 3 N–H and O–H groups in total. The number of rotatable bonds is 9. The maximum Gasteiger partial charge on any atom is 0.305 e. The Labute approximate surface area is 157 Å². The Morgan fingerprint density at radius 3 is 2.48 bits per heavy atom. The SMILES string of the molecule is COCC(C)(CC(=O)O)NC(=O)CCNC(=O)c1ccc2ccccc2c1. The normalized spacial score (nSPS) is 13.0. The molecule has 1 unspecified atom stereocenters. The van der Waals surface area contributed by atoms with Crippen LogP contribution in [0.4, 0.5) is 0 Å². The largest absolute Gasteiger partial charge is 0.481 e. The van der Waals surface area contributed by atoms with Crippen LogP contribution >= 0.6 is 0 Å². The number of carbonyl (C=O) groups excluding carboxylic acids is 2. The van der Waals surface area contributed by atoms with Gasteiger partial charge in [-0.15, -0.1) is 0 Å². The molecule has 0 heterocycles. The molecule has 7 heteroatoms. The number of nitrogens with one attached hydrogen (secondary N) is 2. The summed E-state index contributed by atoms with van der Waals surface area (Å²) < 4.78 is 5.00. The molecule has 7 nitrogen and oxygen atoms in total. The van der Waals surface area contributed by atoms with Crippen LogP contribution in [0.1, 0.15) is 30.1 Å². The fraction of sp³-hybridized carbons (Fsp3) is 0.350. The average Bonchev–Trinajstić information content (AvgIpc) is 2.60. The summed E-state index contributed by atoms with van der Waals surface area (Å²) in [5.74, 6) is -1.65. The third-order valence-corrected chi connectivity index (χ3v) is 4.09. The number of ether oxygens (including phenoxy) is 1. The summed E-state index contributed by atoms with van der Waals surface area (Å²) in [5.41, 5.74) is -0.482. The molecule has 0 saturated heterocycles. The molecule has 27 heavy (non-hydrogen) atoms. The molecule has 0 aromatic heterocycles. The first-order valence-corrected chi connectivity index (χ1v) is 8.62. The van der Waals surface area contributed by atoms with Gasteiger partial charge in [0.05, 0.1) is 18.6 Å². The van der Waals surface area contributed by atoms with Crippen molar-refractivity contribution < 1.29 is 24.2 Å². The maximum atomic E-state index is 12.3. The van der Waals surface area contributed by atoms with Crippen LogP contribution in [0.25, 0.3) is 10.8 Å². The van der Waals surface area contributed by atoms with E-state index < -0.39 is 11.5 Å². The van der Waals surface area contributed by atoms with E-state index in [0.717, 1.165) is 10.8 Å². The molecule has 2 amide bonds. The van der Waals surface area contributed by atoms with Gasteiger partial charge in [0.15, 0.2) is 0 Å². The first-order valence-electron chi connectivity index (χ1n) is 8.62. The maximum absolute atomic E-state index is 12.3. The Kier molecular flexibility index (Phi) is 6.90. The van der Waals surface area contributed by atoms with Crippen molar-refractivity contribution in [1.29, 1.82) is 0 Å². The molecule has 0 bridgehead atoms. The Hall–Kier alpha value is -2.93. The van der Waals surface area contributed by atoms with Crippen LogP contribution in [0.2, 0.25) is 0 Å². The highest BCUT2D eigenvalue weighted by Crippen LogP contribution is 2.15. The first-order chi connectivity index (χ1) is 12.8. The minimum Gasteiger partial charge on any atom is -0.481 e. The highest BCUT2D eigenvalue weighted by atomic mass is 16.5. The average molecular weight is 372 g/mol. The van der Waals surface area contributed by atoms with Gasteiger partial charge in [-0.2, -0.15) is 0 Å². The number of carboxylic acids is 1. The number of amides is 2. The van der Waals surface area contributed by atoms with Crippen LogP contribution in [0.3, 0.4) is 0 Å².